The SMILES string of the molecule is Brc1ccc(-c2ccc(Cc3ccccc3)[nH]2)cc1. The Balaban J connectivity index is 1.82. The van der Waals surface area contributed by atoms with Gasteiger partial charge in [-0.3, -0.25) is 0 Å². The fraction of sp³-hybridized carbons (Fsp3) is 0.0588. The molecule has 1 N–H and O–H groups in total. The molecule has 1 heterocycles. The fourth-order valence-corrected chi connectivity index (χ4v) is 2.42. The molecule has 0 bridgehead atoms. The van der Waals surface area contributed by atoms with Gasteiger partial charge in [0, 0.05) is 22.3 Å². The van der Waals surface area contributed by atoms with Crippen molar-refractivity contribution in [3.05, 3.63) is 82.5 Å². The summed E-state index contributed by atoms with van der Waals surface area (Å²) in [5.74, 6) is 0. The van der Waals surface area contributed by atoms with Crippen molar-refractivity contribution in [1.82, 2.24) is 4.98 Å². The largest absolute Gasteiger partial charge is 0.358 e. The predicted octanol–water partition coefficient (Wildman–Crippen LogP) is 5.04. The fourth-order valence-electron chi connectivity index (χ4n) is 2.16. The van der Waals surface area contributed by atoms with Gasteiger partial charge in [0.1, 0.15) is 0 Å². The van der Waals surface area contributed by atoms with Crippen LogP contribution in [0.5, 0.6) is 0 Å². The molecule has 0 saturated carbocycles. The summed E-state index contributed by atoms with van der Waals surface area (Å²) in [6.45, 7) is 0. The highest BCUT2D eigenvalue weighted by Gasteiger charge is 2.02. The van der Waals surface area contributed by atoms with Crippen molar-refractivity contribution in [1.29, 1.82) is 0 Å². The third-order valence-electron chi connectivity index (χ3n) is 3.14. The van der Waals surface area contributed by atoms with Crippen molar-refractivity contribution in [2.45, 2.75) is 6.42 Å². The summed E-state index contributed by atoms with van der Waals surface area (Å²) in [5, 5.41) is 0. The van der Waals surface area contributed by atoms with E-state index in [0.29, 0.717) is 0 Å². The van der Waals surface area contributed by atoms with E-state index in [1.54, 1.807) is 0 Å². The first-order chi connectivity index (χ1) is 9.31. The van der Waals surface area contributed by atoms with Gasteiger partial charge < -0.3 is 4.98 Å². The number of hydrogen-bond donors (Lipinski definition) is 1. The number of benzene rings is 2. The van der Waals surface area contributed by atoms with Crippen LogP contribution in [0.2, 0.25) is 0 Å². The predicted molar refractivity (Wildman–Crippen MR) is 83.2 cm³/mol. The van der Waals surface area contributed by atoms with Gasteiger partial charge in [-0.2, -0.15) is 0 Å². The lowest BCUT2D eigenvalue weighted by Crippen LogP contribution is -1.87. The summed E-state index contributed by atoms with van der Waals surface area (Å²) in [6.07, 6.45) is 0.942. The molecular formula is C17H14BrN. The zero-order valence-corrected chi connectivity index (χ0v) is 12.0. The second-order valence-electron chi connectivity index (χ2n) is 4.57. The minimum absolute atomic E-state index is 0.942. The number of halogens is 1. The highest BCUT2D eigenvalue weighted by Crippen LogP contribution is 2.22. The third-order valence-corrected chi connectivity index (χ3v) is 3.67. The standard InChI is InChI=1S/C17H14BrN/c18-15-8-6-14(7-9-15)17-11-10-16(19-17)12-13-4-2-1-3-5-13/h1-11,19H,12H2. The summed E-state index contributed by atoms with van der Waals surface area (Å²) >= 11 is 3.46. The number of H-pyrrole nitrogens is 1. The average molecular weight is 312 g/mol. The summed E-state index contributed by atoms with van der Waals surface area (Å²) in [4.78, 5) is 3.48. The van der Waals surface area contributed by atoms with Crippen molar-refractivity contribution >= 4 is 15.9 Å². The van der Waals surface area contributed by atoms with E-state index >= 15 is 0 Å². The highest BCUT2D eigenvalue weighted by atomic mass is 79.9. The smallest absolute Gasteiger partial charge is 0.0456 e. The quantitative estimate of drug-likeness (QED) is 0.698. The monoisotopic (exact) mass is 311 g/mol. The molecule has 94 valence electrons. The van der Waals surface area contributed by atoms with Gasteiger partial charge in [-0.05, 0) is 35.4 Å². The molecule has 2 aromatic carbocycles. The van der Waals surface area contributed by atoms with Crippen LogP contribution in [0, 0.1) is 0 Å². The van der Waals surface area contributed by atoms with Gasteiger partial charge in [-0.25, -0.2) is 0 Å². The first-order valence-corrected chi connectivity index (χ1v) is 7.08. The molecule has 19 heavy (non-hydrogen) atoms. The number of hydrogen-bond acceptors (Lipinski definition) is 0. The normalized spacial score (nSPS) is 10.6. The molecule has 1 nitrogen and oxygen atoms in total. The molecule has 3 aromatic rings. The maximum atomic E-state index is 3.48. The van der Waals surface area contributed by atoms with Gasteiger partial charge in [0.25, 0.3) is 0 Å². The van der Waals surface area contributed by atoms with E-state index in [2.05, 4.69) is 81.6 Å². The zero-order chi connectivity index (χ0) is 13.1. The van der Waals surface area contributed by atoms with Crippen LogP contribution in [0.4, 0.5) is 0 Å². The topological polar surface area (TPSA) is 15.8 Å². The van der Waals surface area contributed by atoms with Gasteiger partial charge in [-0.1, -0.05) is 58.4 Å². The van der Waals surface area contributed by atoms with Crippen molar-refractivity contribution < 1.29 is 0 Å². The molecule has 2 heteroatoms. The Morgan fingerprint density at radius 3 is 2.26 bits per heavy atom. The van der Waals surface area contributed by atoms with E-state index in [-0.39, 0.29) is 0 Å². The maximum Gasteiger partial charge on any atom is 0.0456 e. The highest BCUT2D eigenvalue weighted by molar-refractivity contribution is 9.10. The van der Waals surface area contributed by atoms with Crippen LogP contribution in [0.3, 0.4) is 0 Å². The van der Waals surface area contributed by atoms with E-state index in [1.807, 2.05) is 6.07 Å². The Morgan fingerprint density at radius 1 is 0.789 bits per heavy atom. The van der Waals surface area contributed by atoms with Gasteiger partial charge in [0.2, 0.25) is 0 Å². The number of nitrogens with one attached hydrogen (secondary N) is 1. The molecule has 0 amide bonds. The Morgan fingerprint density at radius 2 is 1.53 bits per heavy atom. The molecule has 0 fully saturated rings. The van der Waals surface area contributed by atoms with Gasteiger partial charge in [0.15, 0.2) is 0 Å². The van der Waals surface area contributed by atoms with Crippen molar-refractivity contribution in [3.63, 3.8) is 0 Å². The third kappa shape index (κ3) is 2.96. The lowest BCUT2D eigenvalue weighted by molar-refractivity contribution is 1.11. The van der Waals surface area contributed by atoms with Crippen molar-refractivity contribution in [3.8, 4) is 11.3 Å². The zero-order valence-electron chi connectivity index (χ0n) is 10.4. The van der Waals surface area contributed by atoms with Gasteiger partial charge in [0.05, 0.1) is 0 Å². The van der Waals surface area contributed by atoms with Crippen LogP contribution in [0.15, 0.2) is 71.2 Å². The van der Waals surface area contributed by atoms with E-state index in [0.717, 1.165) is 10.9 Å². The molecule has 0 aliphatic rings. The van der Waals surface area contributed by atoms with E-state index in [1.165, 1.54) is 22.5 Å². The molecule has 3 rings (SSSR count). The molecule has 0 unspecified atom stereocenters. The lowest BCUT2D eigenvalue weighted by Gasteiger charge is -2.00. The molecular weight excluding hydrogens is 298 g/mol. The maximum absolute atomic E-state index is 3.48. The van der Waals surface area contributed by atoms with Gasteiger partial charge >= 0.3 is 0 Å². The van der Waals surface area contributed by atoms with Crippen LogP contribution in [0.25, 0.3) is 11.3 Å². The van der Waals surface area contributed by atoms with Gasteiger partial charge in [-0.15, -0.1) is 0 Å². The molecule has 0 spiro atoms. The van der Waals surface area contributed by atoms with E-state index in [4.69, 9.17) is 0 Å². The molecule has 0 atom stereocenters. The minimum atomic E-state index is 0.942. The summed E-state index contributed by atoms with van der Waals surface area (Å²) in [6, 6.07) is 23.2. The van der Waals surface area contributed by atoms with Crippen LogP contribution in [-0.2, 0) is 6.42 Å². The molecule has 1 aromatic heterocycles. The molecule has 0 aliphatic heterocycles. The Kier molecular flexibility index (Phi) is 3.51. The van der Waals surface area contributed by atoms with Crippen molar-refractivity contribution in [2.24, 2.45) is 0 Å². The first-order valence-electron chi connectivity index (χ1n) is 6.29. The van der Waals surface area contributed by atoms with Crippen LogP contribution < -0.4 is 0 Å². The summed E-state index contributed by atoms with van der Waals surface area (Å²) in [5.41, 5.74) is 4.94. The molecule has 0 radical (unpaired) electrons. The number of aromatic amines is 1. The number of rotatable bonds is 3. The Bertz CT molecular complexity index is 653. The first kappa shape index (κ1) is 12.2. The minimum Gasteiger partial charge on any atom is -0.358 e. The lowest BCUT2D eigenvalue weighted by atomic mass is 10.1. The Hall–Kier alpha value is -1.80. The number of aromatic nitrogens is 1. The van der Waals surface area contributed by atoms with E-state index in [9.17, 15) is 0 Å². The van der Waals surface area contributed by atoms with E-state index < -0.39 is 0 Å². The molecule has 0 saturated heterocycles. The second kappa shape index (κ2) is 5.45. The van der Waals surface area contributed by atoms with Crippen LogP contribution >= 0.6 is 15.9 Å². The summed E-state index contributed by atoms with van der Waals surface area (Å²) in [7, 11) is 0. The Labute approximate surface area is 121 Å². The average Bonchev–Trinajstić information content (AvgIpc) is 2.89. The van der Waals surface area contributed by atoms with Crippen LogP contribution in [0.1, 0.15) is 11.3 Å². The summed E-state index contributed by atoms with van der Waals surface area (Å²) < 4.78 is 1.10. The van der Waals surface area contributed by atoms with Crippen molar-refractivity contribution in [2.75, 3.05) is 0 Å². The van der Waals surface area contributed by atoms with Crippen LogP contribution in [-0.4, -0.2) is 4.98 Å². The second-order valence-corrected chi connectivity index (χ2v) is 5.48. The molecule has 0 aliphatic carbocycles.